The third-order valence-corrected chi connectivity index (χ3v) is 4.06. The van der Waals surface area contributed by atoms with Crippen LogP contribution in [0.1, 0.15) is 58.6 Å². The lowest BCUT2D eigenvalue weighted by atomic mass is 10.0. The first kappa shape index (κ1) is 18.0. The van der Waals surface area contributed by atoms with E-state index in [1.165, 1.54) is 12.8 Å². The maximum absolute atomic E-state index is 6.47. The molecule has 3 heteroatoms. The zero-order valence-electron chi connectivity index (χ0n) is 14.1. The highest BCUT2D eigenvalue weighted by molar-refractivity contribution is 5.36. The van der Waals surface area contributed by atoms with Crippen molar-refractivity contribution in [1.82, 2.24) is 4.90 Å². The van der Waals surface area contributed by atoms with E-state index >= 15 is 0 Å². The van der Waals surface area contributed by atoms with Gasteiger partial charge in [-0.15, -0.1) is 0 Å². The van der Waals surface area contributed by atoms with Gasteiger partial charge in [0.2, 0.25) is 0 Å². The lowest BCUT2D eigenvalue weighted by Gasteiger charge is -2.31. The molecule has 2 atom stereocenters. The molecule has 0 aliphatic heterocycles. The fourth-order valence-electron chi connectivity index (χ4n) is 2.54. The maximum atomic E-state index is 6.47. The molecular formula is C18H32N2O. The van der Waals surface area contributed by atoms with Crippen LogP contribution >= 0.6 is 0 Å². The minimum absolute atomic E-state index is 0.00129. The number of para-hydroxylation sites is 1. The highest BCUT2D eigenvalue weighted by Crippen LogP contribution is 2.25. The van der Waals surface area contributed by atoms with Gasteiger partial charge in [0.25, 0.3) is 0 Å². The first-order chi connectivity index (χ1) is 10.1. The molecule has 0 aliphatic rings. The van der Waals surface area contributed by atoms with Gasteiger partial charge in [0, 0.05) is 24.2 Å². The van der Waals surface area contributed by atoms with Crippen molar-refractivity contribution in [1.29, 1.82) is 0 Å². The van der Waals surface area contributed by atoms with E-state index in [2.05, 4.69) is 31.7 Å². The van der Waals surface area contributed by atoms with Gasteiger partial charge in [-0.3, -0.25) is 4.90 Å². The Morgan fingerprint density at radius 2 is 1.90 bits per heavy atom. The Kier molecular flexibility index (Phi) is 8.40. The van der Waals surface area contributed by atoms with Gasteiger partial charge in [-0.2, -0.15) is 0 Å². The first-order valence-electron chi connectivity index (χ1n) is 8.35. The van der Waals surface area contributed by atoms with Crippen LogP contribution in [-0.2, 0) is 0 Å². The second-order valence-electron chi connectivity index (χ2n) is 5.68. The molecule has 0 amide bonds. The number of unbranched alkanes of at least 4 members (excludes halogenated alkanes) is 1. The van der Waals surface area contributed by atoms with Crippen molar-refractivity contribution in [3.63, 3.8) is 0 Å². The molecule has 0 aliphatic carbocycles. The van der Waals surface area contributed by atoms with E-state index in [9.17, 15) is 0 Å². The summed E-state index contributed by atoms with van der Waals surface area (Å²) >= 11 is 0. The number of hydrogen-bond acceptors (Lipinski definition) is 3. The summed E-state index contributed by atoms with van der Waals surface area (Å²) < 4.78 is 5.71. The van der Waals surface area contributed by atoms with E-state index in [1.54, 1.807) is 0 Å². The molecule has 2 N–H and O–H groups in total. The molecule has 0 heterocycles. The molecule has 0 radical (unpaired) electrons. The van der Waals surface area contributed by atoms with Crippen LogP contribution < -0.4 is 10.5 Å². The van der Waals surface area contributed by atoms with Crippen LogP contribution in [0.25, 0.3) is 0 Å². The molecule has 0 aromatic heterocycles. The van der Waals surface area contributed by atoms with E-state index in [0.29, 0.717) is 12.6 Å². The van der Waals surface area contributed by atoms with Gasteiger partial charge in [-0.25, -0.2) is 0 Å². The molecule has 0 saturated carbocycles. The molecule has 0 spiro atoms. The molecular weight excluding hydrogens is 260 g/mol. The number of nitrogens with two attached hydrogens (primary N) is 1. The smallest absolute Gasteiger partial charge is 0.124 e. The van der Waals surface area contributed by atoms with Gasteiger partial charge in [-0.1, -0.05) is 38.5 Å². The second-order valence-corrected chi connectivity index (χ2v) is 5.68. The van der Waals surface area contributed by atoms with Gasteiger partial charge in [0.1, 0.15) is 5.75 Å². The minimum atomic E-state index is -0.00129. The summed E-state index contributed by atoms with van der Waals surface area (Å²) in [7, 11) is 0. The fourth-order valence-corrected chi connectivity index (χ4v) is 2.54. The SMILES string of the molecule is CCCCN(CC(N)c1ccccc1OCC)C(C)CC. The molecule has 2 unspecified atom stereocenters. The lowest BCUT2D eigenvalue weighted by molar-refractivity contribution is 0.188. The van der Waals surface area contributed by atoms with Crippen molar-refractivity contribution in [3.8, 4) is 5.75 Å². The molecule has 0 fully saturated rings. The van der Waals surface area contributed by atoms with Gasteiger partial charge in [-0.05, 0) is 39.3 Å². The monoisotopic (exact) mass is 292 g/mol. The summed E-state index contributed by atoms with van der Waals surface area (Å²) in [6.07, 6.45) is 3.60. The largest absolute Gasteiger partial charge is 0.494 e. The Hall–Kier alpha value is -1.06. The van der Waals surface area contributed by atoms with Crippen LogP contribution in [0.4, 0.5) is 0 Å². The van der Waals surface area contributed by atoms with Crippen molar-refractivity contribution >= 4 is 0 Å². The Morgan fingerprint density at radius 1 is 1.19 bits per heavy atom. The molecule has 1 aromatic carbocycles. The molecule has 1 aromatic rings. The van der Waals surface area contributed by atoms with Crippen molar-refractivity contribution in [3.05, 3.63) is 29.8 Å². The van der Waals surface area contributed by atoms with Crippen LogP contribution in [0.5, 0.6) is 5.75 Å². The average molecular weight is 292 g/mol. The number of benzene rings is 1. The number of rotatable bonds is 10. The van der Waals surface area contributed by atoms with E-state index in [4.69, 9.17) is 10.5 Å². The normalized spacial score (nSPS) is 14.2. The quantitative estimate of drug-likeness (QED) is 0.709. The standard InChI is InChI=1S/C18H32N2O/c1-5-8-13-20(15(4)6-2)14-17(19)16-11-9-10-12-18(16)21-7-3/h9-12,15,17H,5-8,13-14,19H2,1-4H3. The van der Waals surface area contributed by atoms with Crippen LogP contribution in [0, 0.1) is 0 Å². The summed E-state index contributed by atoms with van der Waals surface area (Å²) in [6, 6.07) is 8.71. The van der Waals surface area contributed by atoms with Crippen molar-refractivity contribution in [2.75, 3.05) is 19.7 Å². The molecule has 1 rings (SSSR count). The van der Waals surface area contributed by atoms with Crippen LogP contribution in [-0.4, -0.2) is 30.6 Å². The van der Waals surface area contributed by atoms with Crippen molar-refractivity contribution in [2.45, 2.75) is 59.0 Å². The van der Waals surface area contributed by atoms with E-state index < -0.39 is 0 Å². The predicted molar refractivity (Wildman–Crippen MR) is 90.8 cm³/mol. The molecule has 120 valence electrons. The van der Waals surface area contributed by atoms with Crippen LogP contribution in [0.15, 0.2) is 24.3 Å². The molecule has 0 saturated heterocycles. The zero-order chi connectivity index (χ0) is 15.7. The number of ether oxygens (including phenoxy) is 1. The predicted octanol–water partition coefficient (Wildman–Crippen LogP) is 3.99. The number of nitrogens with zero attached hydrogens (tertiary/aromatic N) is 1. The van der Waals surface area contributed by atoms with E-state index in [0.717, 1.165) is 30.8 Å². The summed E-state index contributed by atoms with van der Waals surface area (Å²) in [5, 5.41) is 0. The minimum Gasteiger partial charge on any atom is -0.494 e. The summed E-state index contributed by atoms with van der Waals surface area (Å²) in [5.74, 6) is 0.923. The third kappa shape index (κ3) is 5.68. The number of hydrogen-bond donors (Lipinski definition) is 1. The fraction of sp³-hybridized carbons (Fsp3) is 0.667. The van der Waals surface area contributed by atoms with Crippen LogP contribution in [0.2, 0.25) is 0 Å². The Balaban J connectivity index is 2.78. The highest BCUT2D eigenvalue weighted by Gasteiger charge is 2.18. The molecule has 3 nitrogen and oxygen atoms in total. The Bertz CT molecular complexity index is 395. The third-order valence-electron chi connectivity index (χ3n) is 4.06. The topological polar surface area (TPSA) is 38.5 Å². The Labute approximate surface area is 130 Å². The van der Waals surface area contributed by atoms with Gasteiger partial charge < -0.3 is 10.5 Å². The summed E-state index contributed by atoms with van der Waals surface area (Å²) in [4.78, 5) is 2.51. The van der Waals surface area contributed by atoms with Crippen molar-refractivity contribution < 1.29 is 4.74 Å². The first-order valence-corrected chi connectivity index (χ1v) is 8.35. The van der Waals surface area contributed by atoms with Gasteiger partial charge >= 0.3 is 0 Å². The second kappa shape index (κ2) is 9.80. The van der Waals surface area contributed by atoms with E-state index in [1.807, 2.05) is 25.1 Å². The van der Waals surface area contributed by atoms with E-state index in [-0.39, 0.29) is 6.04 Å². The van der Waals surface area contributed by atoms with Crippen molar-refractivity contribution in [2.24, 2.45) is 5.73 Å². The summed E-state index contributed by atoms with van der Waals surface area (Å²) in [6.45, 7) is 11.5. The van der Waals surface area contributed by atoms with Gasteiger partial charge in [0.15, 0.2) is 0 Å². The van der Waals surface area contributed by atoms with Crippen LogP contribution in [0.3, 0.4) is 0 Å². The highest BCUT2D eigenvalue weighted by atomic mass is 16.5. The molecule has 21 heavy (non-hydrogen) atoms. The maximum Gasteiger partial charge on any atom is 0.124 e. The summed E-state index contributed by atoms with van der Waals surface area (Å²) in [5.41, 5.74) is 7.58. The Morgan fingerprint density at radius 3 is 2.52 bits per heavy atom. The lowest BCUT2D eigenvalue weighted by Crippen LogP contribution is -2.39. The zero-order valence-corrected chi connectivity index (χ0v) is 14.1. The average Bonchev–Trinajstić information content (AvgIpc) is 2.51. The molecule has 0 bridgehead atoms. The van der Waals surface area contributed by atoms with Gasteiger partial charge in [0.05, 0.1) is 6.61 Å².